The van der Waals surface area contributed by atoms with Crippen LogP contribution in [0, 0.1) is 5.92 Å². The second-order valence-electron chi connectivity index (χ2n) is 8.99. The van der Waals surface area contributed by atoms with Crippen molar-refractivity contribution in [1.29, 1.82) is 0 Å². The molecule has 0 spiro atoms. The van der Waals surface area contributed by atoms with Crippen LogP contribution in [0.25, 0.3) is 0 Å². The summed E-state index contributed by atoms with van der Waals surface area (Å²) in [5, 5.41) is 9.23. The maximum Gasteiger partial charge on any atom is 0.449 e. The monoisotopic (exact) mass is 420 g/mol. The Morgan fingerprint density at radius 1 is 1.11 bits per heavy atom. The van der Waals surface area contributed by atoms with Crippen molar-refractivity contribution in [3.05, 3.63) is 0 Å². The molecule has 0 aromatic heterocycles. The van der Waals surface area contributed by atoms with Gasteiger partial charge in [-0.25, -0.2) is 0 Å². The second-order valence-corrected chi connectivity index (χ2v) is 15.0. The van der Waals surface area contributed by atoms with E-state index in [4.69, 9.17) is 0 Å². The van der Waals surface area contributed by atoms with Gasteiger partial charge >= 0.3 is 23.9 Å². The van der Waals surface area contributed by atoms with E-state index in [1.165, 1.54) is 0 Å². The van der Waals surface area contributed by atoms with Gasteiger partial charge in [0.25, 0.3) is 0 Å². The number of halogens is 5. The van der Waals surface area contributed by atoms with Crippen LogP contribution < -0.4 is 0 Å². The SMILES string of the molecule is CC1(OC(=O)C2CCCCC2)COC(O)(C(F)(F)F)C1(F)F.C[Si](C)(C)C. The molecule has 0 amide bonds. The Kier molecular flexibility index (Phi) is 7.15. The molecule has 1 N–H and O–H groups in total. The highest BCUT2D eigenvalue weighted by atomic mass is 28.3. The van der Waals surface area contributed by atoms with Crippen LogP contribution in [0.15, 0.2) is 0 Å². The predicted octanol–water partition coefficient (Wildman–Crippen LogP) is 4.74. The summed E-state index contributed by atoms with van der Waals surface area (Å²) in [5.74, 6) is -11.1. The zero-order valence-corrected chi connectivity index (χ0v) is 17.4. The van der Waals surface area contributed by atoms with Crippen LogP contribution in [-0.2, 0) is 14.3 Å². The van der Waals surface area contributed by atoms with E-state index < -0.39 is 50.1 Å². The normalized spacial score (nSPS) is 31.8. The first-order valence-corrected chi connectivity index (χ1v) is 13.0. The summed E-state index contributed by atoms with van der Waals surface area (Å²) >= 11 is 0. The molecule has 2 unspecified atom stereocenters. The molecule has 0 bridgehead atoms. The standard InChI is InChI=1S/C13H17F5O4.C4H12Si/c1-10(22-9(19)8-5-3-2-4-6-8)7-21-12(20,11(10,14)15)13(16,17)18;1-5(2,3)4/h8,20H,2-7H2,1H3;1-4H3. The molecule has 2 aliphatic rings. The predicted molar refractivity (Wildman–Crippen MR) is 92.2 cm³/mol. The van der Waals surface area contributed by atoms with Crippen molar-refractivity contribution < 1.29 is 41.3 Å². The molecule has 1 aliphatic heterocycles. The summed E-state index contributed by atoms with van der Waals surface area (Å²) in [6.45, 7) is 8.70. The van der Waals surface area contributed by atoms with Crippen molar-refractivity contribution in [2.45, 2.75) is 88.7 Å². The average molecular weight is 420 g/mol. The number of carbonyl (C=O) groups excluding carboxylic acids is 1. The van der Waals surface area contributed by atoms with E-state index in [9.17, 15) is 31.9 Å². The van der Waals surface area contributed by atoms with Crippen LogP contribution in [-0.4, -0.2) is 49.2 Å². The lowest BCUT2D eigenvalue weighted by Crippen LogP contribution is -2.63. The average Bonchev–Trinajstić information content (AvgIpc) is 2.67. The van der Waals surface area contributed by atoms with Gasteiger partial charge in [0, 0.05) is 8.07 Å². The molecule has 10 heteroatoms. The van der Waals surface area contributed by atoms with Gasteiger partial charge in [-0.15, -0.1) is 0 Å². The minimum Gasteiger partial charge on any atom is -0.450 e. The Hall–Kier alpha value is -0.743. The molecule has 160 valence electrons. The van der Waals surface area contributed by atoms with Crippen LogP contribution in [0.1, 0.15) is 39.0 Å². The fourth-order valence-corrected chi connectivity index (χ4v) is 2.78. The van der Waals surface area contributed by atoms with E-state index in [0.717, 1.165) is 19.3 Å². The molecular weight excluding hydrogens is 391 g/mol. The van der Waals surface area contributed by atoms with Crippen LogP contribution in [0.4, 0.5) is 22.0 Å². The highest BCUT2D eigenvalue weighted by Gasteiger charge is 2.82. The van der Waals surface area contributed by atoms with Crippen LogP contribution >= 0.6 is 0 Å². The second kappa shape index (κ2) is 7.94. The Morgan fingerprint density at radius 3 is 1.93 bits per heavy atom. The van der Waals surface area contributed by atoms with Gasteiger partial charge in [0.15, 0.2) is 0 Å². The quantitative estimate of drug-likeness (QED) is 0.398. The number of hydrogen-bond acceptors (Lipinski definition) is 4. The molecule has 2 rings (SSSR count). The molecule has 0 aromatic rings. The third-order valence-electron chi connectivity index (χ3n) is 4.29. The minimum absolute atomic E-state index is 0.449. The van der Waals surface area contributed by atoms with Crippen molar-refractivity contribution in [1.82, 2.24) is 0 Å². The molecule has 2 fully saturated rings. The molecule has 1 saturated carbocycles. The maximum atomic E-state index is 14.1. The lowest BCUT2D eigenvalue weighted by atomic mass is 9.88. The molecule has 1 saturated heterocycles. The molecule has 2 atom stereocenters. The minimum atomic E-state index is -5.72. The van der Waals surface area contributed by atoms with Crippen LogP contribution in [0.2, 0.25) is 26.2 Å². The summed E-state index contributed by atoms with van der Waals surface area (Å²) < 4.78 is 74.8. The Bertz CT molecular complexity index is 522. The van der Waals surface area contributed by atoms with Gasteiger partial charge in [0.2, 0.25) is 5.60 Å². The number of aliphatic hydroxyl groups is 1. The van der Waals surface area contributed by atoms with Gasteiger partial charge < -0.3 is 14.6 Å². The zero-order valence-electron chi connectivity index (χ0n) is 16.4. The van der Waals surface area contributed by atoms with E-state index >= 15 is 0 Å². The van der Waals surface area contributed by atoms with Crippen molar-refractivity contribution >= 4 is 14.0 Å². The molecule has 4 nitrogen and oxygen atoms in total. The Balaban J connectivity index is 0.000000646. The fourth-order valence-electron chi connectivity index (χ4n) is 2.78. The highest BCUT2D eigenvalue weighted by molar-refractivity contribution is 6.74. The van der Waals surface area contributed by atoms with Crippen LogP contribution in [0.5, 0.6) is 0 Å². The van der Waals surface area contributed by atoms with Crippen LogP contribution in [0.3, 0.4) is 0 Å². The topological polar surface area (TPSA) is 55.8 Å². The molecule has 0 radical (unpaired) electrons. The van der Waals surface area contributed by atoms with Gasteiger partial charge in [-0.2, -0.15) is 22.0 Å². The number of ether oxygens (including phenoxy) is 2. The zero-order chi connectivity index (χ0) is 21.3. The Morgan fingerprint density at radius 2 is 1.56 bits per heavy atom. The highest BCUT2D eigenvalue weighted by Crippen LogP contribution is 2.54. The van der Waals surface area contributed by atoms with Crippen molar-refractivity contribution in [3.63, 3.8) is 0 Å². The molecule has 1 heterocycles. The summed E-state index contributed by atoms with van der Waals surface area (Å²) in [4.78, 5) is 11.9. The largest absolute Gasteiger partial charge is 0.450 e. The summed E-state index contributed by atoms with van der Waals surface area (Å²) in [6, 6.07) is 0. The lowest BCUT2D eigenvalue weighted by molar-refractivity contribution is -0.409. The van der Waals surface area contributed by atoms with Crippen molar-refractivity contribution in [2.75, 3.05) is 6.61 Å². The third kappa shape index (κ3) is 5.41. The maximum absolute atomic E-state index is 14.1. The molecule has 27 heavy (non-hydrogen) atoms. The summed E-state index contributed by atoms with van der Waals surface area (Å²) in [7, 11) is -0.611. The van der Waals surface area contributed by atoms with E-state index in [-0.39, 0.29) is 0 Å². The molecule has 1 aliphatic carbocycles. The van der Waals surface area contributed by atoms with E-state index in [2.05, 4.69) is 35.7 Å². The summed E-state index contributed by atoms with van der Waals surface area (Å²) in [6.07, 6.45) is -2.44. The summed E-state index contributed by atoms with van der Waals surface area (Å²) in [5.41, 5.74) is -2.87. The van der Waals surface area contributed by atoms with Gasteiger partial charge in [-0.05, 0) is 19.8 Å². The Labute approximate surface area is 157 Å². The van der Waals surface area contributed by atoms with E-state index in [0.29, 0.717) is 19.8 Å². The van der Waals surface area contributed by atoms with Gasteiger partial charge in [0.05, 0.1) is 12.5 Å². The van der Waals surface area contributed by atoms with E-state index in [1.54, 1.807) is 0 Å². The number of esters is 1. The number of hydrogen-bond donors (Lipinski definition) is 1. The molecular formula is C17H29F5O4Si. The number of rotatable bonds is 2. The third-order valence-corrected chi connectivity index (χ3v) is 4.29. The first-order valence-electron chi connectivity index (χ1n) is 8.98. The van der Waals surface area contributed by atoms with Gasteiger partial charge in [-0.1, -0.05) is 45.5 Å². The smallest absolute Gasteiger partial charge is 0.449 e. The number of carbonyl (C=O) groups is 1. The molecule has 0 aromatic carbocycles. The fraction of sp³-hybridized carbons (Fsp3) is 0.941. The van der Waals surface area contributed by atoms with Crippen molar-refractivity contribution in [3.8, 4) is 0 Å². The van der Waals surface area contributed by atoms with Gasteiger partial charge in [0.1, 0.15) is 0 Å². The van der Waals surface area contributed by atoms with Crippen molar-refractivity contribution in [2.24, 2.45) is 5.92 Å². The number of alkyl halides is 5. The van der Waals surface area contributed by atoms with Gasteiger partial charge in [-0.3, -0.25) is 4.79 Å². The first-order chi connectivity index (χ1) is 11.9. The van der Waals surface area contributed by atoms with E-state index in [1.807, 2.05) is 0 Å². The lowest BCUT2D eigenvalue weighted by Gasteiger charge is -2.36. The first kappa shape index (κ1) is 24.3.